The van der Waals surface area contributed by atoms with E-state index in [4.69, 9.17) is 4.52 Å². The summed E-state index contributed by atoms with van der Waals surface area (Å²) in [6, 6.07) is 6.16. The highest BCUT2D eigenvalue weighted by Gasteiger charge is 2.29. The maximum atomic E-state index is 13.4. The molecule has 3 heterocycles. The Bertz CT molecular complexity index is 788. The van der Waals surface area contributed by atoms with E-state index in [1.54, 1.807) is 12.1 Å². The van der Waals surface area contributed by atoms with Crippen molar-refractivity contribution >= 4 is 5.91 Å². The fourth-order valence-electron chi connectivity index (χ4n) is 4.00. The van der Waals surface area contributed by atoms with Crippen molar-refractivity contribution in [3.05, 3.63) is 36.0 Å². The zero-order valence-electron chi connectivity index (χ0n) is 15.4. The number of carbonyl (C=O) groups excluding carboxylic acids is 1. The topological polar surface area (TPSA) is 71.3 Å². The number of nitrogens with one attached hydrogen (secondary N) is 1. The standard InChI is InChI=1S/C20H25FN4O2/c21-17-5-1-3-15(11-17)19-23-20(27-24-19)16-4-2-10-25(13-16)18(26)7-6-14-8-9-22-12-14/h1,3,5,11,14,16,22H,2,4,6-10,12-13H2. The first kappa shape index (κ1) is 18.1. The third-order valence-corrected chi connectivity index (χ3v) is 5.58. The zero-order valence-corrected chi connectivity index (χ0v) is 15.4. The van der Waals surface area contributed by atoms with Crippen LogP contribution >= 0.6 is 0 Å². The Hall–Kier alpha value is -2.28. The molecule has 0 spiro atoms. The Morgan fingerprint density at radius 1 is 1.37 bits per heavy atom. The van der Waals surface area contributed by atoms with Gasteiger partial charge in [-0.25, -0.2) is 4.39 Å². The maximum absolute atomic E-state index is 13.4. The van der Waals surface area contributed by atoms with Gasteiger partial charge in [-0.3, -0.25) is 4.79 Å². The van der Waals surface area contributed by atoms with Crippen LogP contribution in [-0.2, 0) is 4.79 Å². The SMILES string of the molecule is O=C(CCC1CCNC1)N1CCCC(c2nc(-c3cccc(F)c3)no2)C1. The summed E-state index contributed by atoms with van der Waals surface area (Å²) in [6.45, 7) is 3.51. The second-order valence-electron chi connectivity index (χ2n) is 7.54. The summed E-state index contributed by atoms with van der Waals surface area (Å²) in [4.78, 5) is 19.0. The first-order valence-electron chi connectivity index (χ1n) is 9.77. The lowest BCUT2D eigenvalue weighted by atomic mass is 9.96. The van der Waals surface area contributed by atoms with Gasteiger partial charge in [0.15, 0.2) is 0 Å². The molecule has 1 amide bonds. The van der Waals surface area contributed by atoms with E-state index in [2.05, 4.69) is 15.5 Å². The van der Waals surface area contributed by atoms with Gasteiger partial charge < -0.3 is 14.7 Å². The molecule has 2 fully saturated rings. The molecule has 2 aliphatic rings. The monoisotopic (exact) mass is 372 g/mol. The highest BCUT2D eigenvalue weighted by molar-refractivity contribution is 5.76. The summed E-state index contributed by atoms with van der Waals surface area (Å²) in [6.07, 6.45) is 4.58. The van der Waals surface area contributed by atoms with Gasteiger partial charge in [-0.1, -0.05) is 17.3 Å². The molecule has 2 aliphatic heterocycles. The quantitative estimate of drug-likeness (QED) is 0.874. The number of aromatic nitrogens is 2. The Morgan fingerprint density at radius 3 is 3.11 bits per heavy atom. The summed E-state index contributed by atoms with van der Waals surface area (Å²) in [5.41, 5.74) is 0.596. The number of likely N-dealkylation sites (tertiary alicyclic amines) is 1. The molecular weight excluding hydrogens is 347 g/mol. The third kappa shape index (κ3) is 4.35. The van der Waals surface area contributed by atoms with E-state index in [0.717, 1.165) is 38.9 Å². The molecule has 2 atom stereocenters. The lowest BCUT2D eigenvalue weighted by Crippen LogP contribution is -2.39. The minimum absolute atomic E-state index is 0.0469. The molecule has 0 bridgehead atoms. The molecule has 0 saturated carbocycles. The van der Waals surface area contributed by atoms with E-state index in [1.165, 1.54) is 18.6 Å². The van der Waals surface area contributed by atoms with Gasteiger partial charge in [-0.2, -0.15) is 4.98 Å². The summed E-state index contributed by atoms with van der Waals surface area (Å²) >= 11 is 0. The van der Waals surface area contributed by atoms with Crippen molar-refractivity contribution in [3.8, 4) is 11.4 Å². The van der Waals surface area contributed by atoms with E-state index >= 15 is 0 Å². The molecule has 1 aromatic heterocycles. The van der Waals surface area contributed by atoms with Gasteiger partial charge in [-0.05, 0) is 56.8 Å². The van der Waals surface area contributed by atoms with E-state index in [-0.39, 0.29) is 17.6 Å². The highest BCUT2D eigenvalue weighted by Crippen LogP contribution is 2.28. The van der Waals surface area contributed by atoms with Crippen LogP contribution in [0.5, 0.6) is 0 Å². The molecule has 2 aromatic rings. The Morgan fingerprint density at radius 2 is 2.30 bits per heavy atom. The molecule has 144 valence electrons. The highest BCUT2D eigenvalue weighted by atomic mass is 19.1. The van der Waals surface area contributed by atoms with Crippen molar-refractivity contribution in [3.63, 3.8) is 0 Å². The van der Waals surface area contributed by atoms with Crippen LogP contribution < -0.4 is 5.32 Å². The number of hydrogen-bond acceptors (Lipinski definition) is 5. The van der Waals surface area contributed by atoms with Crippen LogP contribution in [-0.4, -0.2) is 47.1 Å². The van der Waals surface area contributed by atoms with E-state index < -0.39 is 0 Å². The summed E-state index contributed by atoms with van der Waals surface area (Å²) in [7, 11) is 0. The normalized spacial score (nSPS) is 22.9. The van der Waals surface area contributed by atoms with Crippen LogP contribution in [0.15, 0.2) is 28.8 Å². The average Bonchev–Trinajstić information content (AvgIpc) is 3.38. The van der Waals surface area contributed by atoms with Crippen molar-refractivity contribution in [2.24, 2.45) is 5.92 Å². The fourth-order valence-corrected chi connectivity index (χ4v) is 4.00. The number of rotatable bonds is 5. The van der Waals surface area contributed by atoms with Crippen LogP contribution in [0.2, 0.25) is 0 Å². The van der Waals surface area contributed by atoms with Crippen molar-refractivity contribution in [1.29, 1.82) is 0 Å². The van der Waals surface area contributed by atoms with E-state index in [0.29, 0.717) is 36.2 Å². The molecule has 2 unspecified atom stereocenters. The van der Waals surface area contributed by atoms with Crippen LogP contribution in [0.3, 0.4) is 0 Å². The van der Waals surface area contributed by atoms with Crippen molar-refractivity contribution in [2.45, 2.75) is 38.0 Å². The Balaban J connectivity index is 1.37. The fraction of sp³-hybridized carbons (Fsp3) is 0.550. The van der Waals surface area contributed by atoms with Gasteiger partial charge >= 0.3 is 0 Å². The van der Waals surface area contributed by atoms with Crippen LogP contribution in [0.4, 0.5) is 4.39 Å². The van der Waals surface area contributed by atoms with Gasteiger partial charge in [0.05, 0.1) is 5.92 Å². The molecule has 1 N–H and O–H groups in total. The zero-order chi connectivity index (χ0) is 18.6. The lowest BCUT2D eigenvalue weighted by Gasteiger charge is -2.31. The Kier molecular flexibility index (Phi) is 5.48. The number of carbonyl (C=O) groups is 1. The predicted molar refractivity (Wildman–Crippen MR) is 98.5 cm³/mol. The van der Waals surface area contributed by atoms with Crippen molar-refractivity contribution in [2.75, 3.05) is 26.2 Å². The van der Waals surface area contributed by atoms with Crippen molar-refractivity contribution in [1.82, 2.24) is 20.4 Å². The minimum atomic E-state index is -0.328. The molecule has 7 heteroatoms. The summed E-state index contributed by atoms with van der Waals surface area (Å²) < 4.78 is 18.8. The predicted octanol–water partition coefficient (Wildman–Crippen LogP) is 2.97. The number of hydrogen-bond donors (Lipinski definition) is 1. The smallest absolute Gasteiger partial charge is 0.231 e. The summed E-state index contributed by atoms with van der Waals surface area (Å²) in [5.74, 6) is 1.49. The van der Waals surface area contributed by atoms with Gasteiger partial charge in [0, 0.05) is 25.1 Å². The van der Waals surface area contributed by atoms with Gasteiger partial charge in [0.25, 0.3) is 0 Å². The maximum Gasteiger partial charge on any atom is 0.231 e. The number of piperidine rings is 1. The molecule has 1 aromatic carbocycles. The molecular formula is C20H25FN4O2. The second-order valence-corrected chi connectivity index (χ2v) is 7.54. The van der Waals surface area contributed by atoms with Crippen LogP contribution in [0.25, 0.3) is 11.4 Å². The minimum Gasteiger partial charge on any atom is -0.342 e. The number of amides is 1. The molecule has 0 radical (unpaired) electrons. The van der Waals surface area contributed by atoms with Crippen LogP contribution in [0, 0.1) is 11.7 Å². The number of nitrogens with zero attached hydrogens (tertiary/aromatic N) is 3. The van der Waals surface area contributed by atoms with Gasteiger partial charge in [0.1, 0.15) is 5.82 Å². The molecule has 4 rings (SSSR count). The van der Waals surface area contributed by atoms with E-state index in [9.17, 15) is 9.18 Å². The third-order valence-electron chi connectivity index (χ3n) is 5.58. The first-order valence-corrected chi connectivity index (χ1v) is 9.77. The Labute approximate surface area is 158 Å². The molecule has 0 aliphatic carbocycles. The largest absolute Gasteiger partial charge is 0.342 e. The number of benzene rings is 1. The second kappa shape index (κ2) is 8.17. The molecule has 6 nitrogen and oxygen atoms in total. The first-order chi connectivity index (χ1) is 13.2. The van der Waals surface area contributed by atoms with Gasteiger partial charge in [-0.15, -0.1) is 0 Å². The van der Waals surface area contributed by atoms with Crippen molar-refractivity contribution < 1.29 is 13.7 Å². The van der Waals surface area contributed by atoms with E-state index in [1.807, 2.05) is 4.90 Å². The summed E-state index contributed by atoms with van der Waals surface area (Å²) in [5, 5.41) is 7.35. The number of halogens is 1. The average molecular weight is 372 g/mol. The lowest BCUT2D eigenvalue weighted by molar-refractivity contribution is -0.132. The van der Waals surface area contributed by atoms with Crippen LogP contribution in [0.1, 0.15) is 43.9 Å². The van der Waals surface area contributed by atoms with Gasteiger partial charge in [0.2, 0.25) is 17.6 Å². The molecule has 2 saturated heterocycles. The molecule has 27 heavy (non-hydrogen) atoms.